The summed E-state index contributed by atoms with van der Waals surface area (Å²) in [5, 5.41) is 87.0. The van der Waals surface area contributed by atoms with Crippen LogP contribution >= 0.6 is 0 Å². The van der Waals surface area contributed by atoms with E-state index in [0.717, 1.165) is 83.5 Å². The van der Waals surface area contributed by atoms with E-state index in [9.17, 15) is 45.6 Å². The maximum absolute atomic E-state index is 13.2. The van der Waals surface area contributed by atoms with Gasteiger partial charge in [-0.05, 0) is 77.0 Å². The highest BCUT2D eigenvalue weighted by Crippen LogP contribution is 2.30. The monoisotopic (exact) mass is 1060 g/mol. The van der Waals surface area contributed by atoms with Crippen LogP contribution in [0.4, 0.5) is 0 Å². The van der Waals surface area contributed by atoms with Crippen molar-refractivity contribution in [1.29, 1.82) is 0 Å². The predicted octanol–water partition coefficient (Wildman–Crippen LogP) is 9.72. The van der Waals surface area contributed by atoms with E-state index in [4.69, 9.17) is 18.9 Å². The predicted molar refractivity (Wildman–Crippen MR) is 300 cm³/mol. The topological polar surface area (TPSA) is 228 Å². The van der Waals surface area contributed by atoms with E-state index in [1.807, 2.05) is 6.08 Å². The molecule has 2 aliphatic rings. The third-order valence-electron chi connectivity index (χ3n) is 13.8. The van der Waals surface area contributed by atoms with Crippen LogP contribution in [0, 0.1) is 0 Å². The Balaban J connectivity index is 1.80. The molecule has 2 fully saturated rings. The van der Waals surface area contributed by atoms with Gasteiger partial charge >= 0.3 is 0 Å². The first-order valence-corrected chi connectivity index (χ1v) is 29.3. The zero-order valence-electron chi connectivity index (χ0n) is 46.3. The van der Waals surface area contributed by atoms with Crippen molar-refractivity contribution in [3.05, 3.63) is 85.1 Å². The largest absolute Gasteiger partial charge is 0.394 e. The zero-order chi connectivity index (χ0) is 54.6. The summed E-state index contributed by atoms with van der Waals surface area (Å²) in [6, 6.07) is -0.943. The van der Waals surface area contributed by atoms with Gasteiger partial charge in [-0.15, -0.1) is 0 Å². The summed E-state index contributed by atoms with van der Waals surface area (Å²) in [6.07, 6.45) is 44.7. The van der Waals surface area contributed by atoms with Crippen molar-refractivity contribution in [2.75, 3.05) is 19.8 Å². The van der Waals surface area contributed by atoms with Crippen LogP contribution in [0.15, 0.2) is 85.1 Å². The Morgan fingerprint density at radius 1 is 0.493 bits per heavy atom. The van der Waals surface area contributed by atoms with E-state index < -0.39 is 86.8 Å². The van der Waals surface area contributed by atoms with E-state index >= 15 is 0 Å². The Labute approximate surface area is 452 Å². The number of unbranched alkanes of at least 4 members (excludes halogenated alkanes) is 20. The Bertz CT molecular complexity index is 1580. The number of hydrogen-bond donors (Lipinski definition) is 9. The molecule has 2 saturated heterocycles. The number of aliphatic hydroxyl groups excluding tert-OH is 8. The van der Waals surface area contributed by atoms with Crippen LogP contribution in [0.5, 0.6) is 0 Å². The molecule has 0 spiro atoms. The van der Waals surface area contributed by atoms with Gasteiger partial charge in [0.05, 0.1) is 32.0 Å². The lowest BCUT2D eigenvalue weighted by Crippen LogP contribution is -2.65. The van der Waals surface area contributed by atoms with E-state index in [1.54, 1.807) is 6.08 Å². The zero-order valence-corrected chi connectivity index (χ0v) is 46.3. The molecule has 0 radical (unpaired) electrons. The summed E-state index contributed by atoms with van der Waals surface area (Å²) >= 11 is 0. The number of nitrogens with one attached hydrogen (secondary N) is 1. The molecule has 14 nitrogen and oxygen atoms in total. The molecule has 432 valence electrons. The molecule has 14 heteroatoms. The van der Waals surface area contributed by atoms with Crippen LogP contribution in [-0.4, -0.2) is 140 Å². The normalized spacial score (nSPS) is 25.7. The third-order valence-corrected chi connectivity index (χ3v) is 13.8. The van der Waals surface area contributed by atoms with Gasteiger partial charge in [0, 0.05) is 6.42 Å². The average Bonchev–Trinajstić information content (AvgIpc) is 3.41. The van der Waals surface area contributed by atoms with Crippen molar-refractivity contribution < 1.29 is 64.6 Å². The molecule has 12 unspecified atom stereocenters. The van der Waals surface area contributed by atoms with Gasteiger partial charge in [-0.25, -0.2) is 0 Å². The molecular formula is C61H105NO13. The van der Waals surface area contributed by atoms with Crippen molar-refractivity contribution in [1.82, 2.24) is 5.32 Å². The van der Waals surface area contributed by atoms with Crippen LogP contribution in [0.25, 0.3) is 0 Å². The Hall–Kier alpha value is -2.83. The number of carbonyl (C=O) groups excluding carboxylic acids is 1. The number of carbonyl (C=O) groups is 1. The molecule has 0 saturated carbocycles. The van der Waals surface area contributed by atoms with Crippen LogP contribution in [-0.2, 0) is 23.7 Å². The van der Waals surface area contributed by atoms with Gasteiger partial charge in [-0.1, -0.05) is 202 Å². The summed E-state index contributed by atoms with van der Waals surface area (Å²) in [7, 11) is 0. The van der Waals surface area contributed by atoms with Gasteiger partial charge in [0.15, 0.2) is 12.6 Å². The fourth-order valence-electron chi connectivity index (χ4n) is 9.10. The van der Waals surface area contributed by atoms with Crippen molar-refractivity contribution >= 4 is 5.91 Å². The highest BCUT2D eigenvalue weighted by molar-refractivity contribution is 5.76. The molecule has 0 aromatic rings. The summed E-state index contributed by atoms with van der Waals surface area (Å²) in [4.78, 5) is 13.2. The molecule has 2 rings (SSSR count). The van der Waals surface area contributed by atoms with Gasteiger partial charge in [0.2, 0.25) is 5.91 Å². The molecule has 2 aliphatic heterocycles. The van der Waals surface area contributed by atoms with Gasteiger partial charge in [0.25, 0.3) is 0 Å². The highest BCUT2D eigenvalue weighted by atomic mass is 16.7. The lowest BCUT2D eigenvalue weighted by Gasteiger charge is -2.46. The van der Waals surface area contributed by atoms with E-state index in [1.165, 1.54) is 83.5 Å². The summed E-state index contributed by atoms with van der Waals surface area (Å²) < 4.78 is 22.7. The van der Waals surface area contributed by atoms with E-state index in [0.29, 0.717) is 12.8 Å². The Morgan fingerprint density at radius 2 is 0.933 bits per heavy atom. The number of rotatable bonds is 45. The van der Waals surface area contributed by atoms with Crippen molar-refractivity contribution in [2.45, 2.75) is 274 Å². The third kappa shape index (κ3) is 32.0. The Morgan fingerprint density at radius 3 is 1.47 bits per heavy atom. The number of ether oxygens (including phenoxy) is 4. The maximum Gasteiger partial charge on any atom is 0.220 e. The van der Waals surface area contributed by atoms with Crippen molar-refractivity contribution in [3.63, 3.8) is 0 Å². The minimum atomic E-state index is -1.80. The second-order valence-electron chi connectivity index (χ2n) is 20.4. The molecule has 75 heavy (non-hydrogen) atoms. The highest BCUT2D eigenvalue weighted by Gasteiger charge is 2.51. The van der Waals surface area contributed by atoms with Gasteiger partial charge in [-0.3, -0.25) is 4.79 Å². The summed E-state index contributed by atoms with van der Waals surface area (Å²) in [6.45, 7) is 2.65. The summed E-state index contributed by atoms with van der Waals surface area (Å²) in [5.41, 5.74) is 0. The molecule has 0 aliphatic carbocycles. The lowest BCUT2D eigenvalue weighted by molar-refractivity contribution is -0.359. The molecule has 9 N–H and O–H groups in total. The van der Waals surface area contributed by atoms with Gasteiger partial charge < -0.3 is 65.1 Å². The Kier molecular flexibility index (Phi) is 42.0. The standard InChI is InChI=1S/C61H105NO13/c1-3-5-7-9-11-13-15-17-19-21-23-24-25-26-27-29-31-33-35-37-39-41-43-45-53(66)62-49(50(65)44-42-40-38-36-34-32-30-28-22-20-18-16-14-12-10-8-6-4-2)48-72-60-58(71)56(69)59(52(47-64)74-60)75-61-57(70)55(68)54(67)51(46-63)73-61/h5,7,11,13,17,19,23-24,26-27,34,36,42,44,49-52,54-61,63-65,67-71H,3-4,6,8-10,12,14-16,18,20-22,25,28-33,35,37-41,43,45-48H2,1-2H3,(H,62,66)/b7-5-,13-11-,19-17-,24-23-,27-26-,36-34+,44-42+. The quantitative estimate of drug-likeness (QED) is 0.0205. The molecule has 0 bridgehead atoms. The van der Waals surface area contributed by atoms with Crippen LogP contribution in [0.2, 0.25) is 0 Å². The number of allylic oxidation sites excluding steroid dienone is 13. The van der Waals surface area contributed by atoms with E-state index in [-0.39, 0.29) is 18.9 Å². The van der Waals surface area contributed by atoms with Crippen molar-refractivity contribution in [2.24, 2.45) is 0 Å². The minimum Gasteiger partial charge on any atom is -0.394 e. The maximum atomic E-state index is 13.2. The van der Waals surface area contributed by atoms with Gasteiger partial charge in [0.1, 0.15) is 48.8 Å². The van der Waals surface area contributed by atoms with Crippen LogP contribution in [0.1, 0.15) is 200 Å². The molecule has 12 atom stereocenters. The molecule has 0 aromatic carbocycles. The molecule has 2 heterocycles. The first-order chi connectivity index (χ1) is 36.6. The number of amides is 1. The molecular weight excluding hydrogens is 955 g/mol. The number of aliphatic hydroxyl groups is 8. The fraction of sp³-hybridized carbons (Fsp3) is 0.754. The second-order valence-corrected chi connectivity index (χ2v) is 20.4. The fourth-order valence-corrected chi connectivity index (χ4v) is 9.10. The molecule has 1 amide bonds. The van der Waals surface area contributed by atoms with Crippen LogP contribution < -0.4 is 5.32 Å². The SMILES string of the molecule is CC/C=C\C/C=C\C/C=C\C/C=C\C/C=C\CCCCCCCCCC(=O)NC(COC1OC(CO)C(OC2OC(CO)C(O)C(O)C2O)C(O)C1O)C(O)/C=C/CC/C=C/CCCCCCCCCCCCCC. The first-order valence-electron chi connectivity index (χ1n) is 29.3. The average molecular weight is 1060 g/mol. The van der Waals surface area contributed by atoms with Gasteiger partial charge in [-0.2, -0.15) is 0 Å². The van der Waals surface area contributed by atoms with E-state index in [2.05, 4.69) is 92.1 Å². The smallest absolute Gasteiger partial charge is 0.220 e. The molecule has 0 aromatic heterocycles. The van der Waals surface area contributed by atoms with Crippen LogP contribution in [0.3, 0.4) is 0 Å². The second kappa shape index (κ2) is 46.1. The summed E-state index contributed by atoms with van der Waals surface area (Å²) in [5.74, 6) is -0.264. The first kappa shape index (κ1) is 68.3. The lowest BCUT2D eigenvalue weighted by atomic mass is 9.97. The van der Waals surface area contributed by atoms with Crippen molar-refractivity contribution in [3.8, 4) is 0 Å². The minimum absolute atomic E-state index is 0.256. The number of hydrogen-bond acceptors (Lipinski definition) is 13.